The number of aryl methyl sites for hydroxylation is 1. The molecule has 2 N–H and O–H groups in total. The molecule has 2 aromatic heterocycles. The zero-order chi connectivity index (χ0) is 10.8. The third kappa shape index (κ3) is 1.74. The standard InChI is InChI=1S/C9H11N5O/c1-6-5-14(13-8(6)10)7-3-4-11-9(12-7)15-2/h3-5H,1-2H3,(H2,10,13). The van der Waals surface area contributed by atoms with Crippen molar-refractivity contribution in [3.8, 4) is 11.8 Å². The van der Waals surface area contributed by atoms with E-state index in [1.807, 2.05) is 6.92 Å². The number of rotatable bonds is 2. The molecule has 0 aliphatic carbocycles. The third-order valence-electron chi connectivity index (χ3n) is 1.97. The molecule has 0 fully saturated rings. The maximum atomic E-state index is 5.64. The quantitative estimate of drug-likeness (QED) is 0.775. The molecule has 0 aliphatic heterocycles. The molecule has 0 saturated heterocycles. The number of hydrogen-bond acceptors (Lipinski definition) is 5. The lowest BCUT2D eigenvalue weighted by atomic mass is 10.4. The lowest BCUT2D eigenvalue weighted by molar-refractivity contribution is 0.379. The van der Waals surface area contributed by atoms with E-state index >= 15 is 0 Å². The van der Waals surface area contributed by atoms with Gasteiger partial charge in [0.05, 0.1) is 7.11 Å². The smallest absolute Gasteiger partial charge is 0.318 e. The number of nitrogens with two attached hydrogens (primary N) is 1. The minimum Gasteiger partial charge on any atom is -0.467 e. The minimum atomic E-state index is 0.305. The van der Waals surface area contributed by atoms with Gasteiger partial charge in [0.15, 0.2) is 5.82 Å². The summed E-state index contributed by atoms with van der Waals surface area (Å²) in [5.74, 6) is 1.12. The lowest BCUT2D eigenvalue weighted by Gasteiger charge is -2.01. The van der Waals surface area contributed by atoms with Crippen LogP contribution in [-0.4, -0.2) is 26.9 Å². The van der Waals surface area contributed by atoms with Crippen LogP contribution in [0.1, 0.15) is 5.56 Å². The molecule has 0 spiro atoms. The molecular weight excluding hydrogens is 194 g/mol. The number of nitrogens with zero attached hydrogens (tertiary/aromatic N) is 4. The van der Waals surface area contributed by atoms with Crippen molar-refractivity contribution in [2.75, 3.05) is 12.8 Å². The minimum absolute atomic E-state index is 0.305. The van der Waals surface area contributed by atoms with E-state index in [-0.39, 0.29) is 0 Å². The summed E-state index contributed by atoms with van der Waals surface area (Å²) in [6.45, 7) is 1.89. The van der Waals surface area contributed by atoms with Gasteiger partial charge >= 0.3 is 6.01 Å². The Morgan fingerprint density at radius 2 is 2.27 bits per heavy atom. The fourth-order valence-corrected chi connectivity index (χ4v) is 1.15. The molecule has 6 nitrogen and oxygen atoms in total. The van der Waals surface area contributed by atoms with Gasteiger partial charge in [-0.05, 0) is 6.92 Å². The van der Waals surface area contributed by atoms with E-state index < -0.39 is 0 Å². The molecule has 78 valence electrons. The Labute approximate surface area is 86.7 Å². The van der Waals surface area contributed by atoms with Crippen molar-refractivity contribution >= 4 is 5.82 Å². The molecule has 0 aromatic carbocycles. The van der Waals surface area contributed by atoms with Crippen LogP contribution >= 0.6 is 0 Å². The SMILES string of the molecule is COc1nccc(-n2cc(C)c(N)n2)n1. The molecule has 2 rings (SSSR count). The Morgan fingerprint density at radius 1 is 1.47 bits per heavy atom. The largest absolute Gasteiger partial charge is 0.467 e. The predicted molar refractivity (Wildman–Crippen MR) is 54.9 cm³/mol. The molecule has 0 unspecified atom stereocenters. The van der Waals surface area contributed by atoms with E-state index in [1.54, 1.807) is 23.1 Å². The van der Waals surface area contributed by atoms with Gasteiger partial charge in [-0.3, -0.25) is 0 Å². The van der Waals surface area contributed by atoms with Gasteiger partial charge < -0.3 is 10.5 Å². The van der Waals surface area contributed by atoms with E-state index in [4.69, 9.17) is 10.5 Å². The maximum Gasteiger partial charge on any atom is 0.318 e. The fraction of sp³-hybridized carbons (Fsp3) is 0.222. The van der Waals surface area contributed by atoms with E-state index in [1.165, 1.54) is 7.11 Å². The number of ether oxygens (including phenoxy) is 1. The molecule has 0 saturated carbocycles. The van der Waals surface area contributed by atoms with Crippen LogP contribution in [-0.2, 0) is 0 Å². The highest BCUT2D eigenvalue weighted by Crippen LogP contribution is 2.12. The number of nitrogen functional groups attached to an aromatic ring is 1. The molecular formula is C9H11N5O. The van der Waals surface area contributed by atoms with Gasteiger partial charge in [0, 0.05) is 24.0 Å². The zero-order valence-corrected chi connectivity index (χ0v) is 8.51. The van der Waals surface area contributed by atoms with Crippen molar-refractivity contribution in [2.24, 2.45) is 0 Å². The topological polar surface area (TPSA) is 78.9 Å². The summed E-state index contributed by atoms with van der Waals surface area (Å²) in [4.78, 5) is 8.03. The summed E-state index contributed by atoms with van der Waals surface area (Å²) in [6.07, 6.45) is 3.41. The third-order valence-corrected chi connectivity index (χ3v) is 1.97. The molecule has 0 aliphatic rings. The van der Waals surface area contributed by atoms with Crippen molar-refractivity contribution < 1.29 is 4.74 Å². The summed E-state index contributed by atoms with van der Waals surface area (Å²) >= 11 is 0. The van der Waals surface area contributed by atoms with E-state index in [0.29, 0.717) is 17.6 Å². The molecule has 2 aromatic rings. The van der Waals surface area contributed by atoms with E-state index in [2.05, 4.69) is 15.1 Å². The summed E-state index contributed by atoms with van der Waals surface area (Å²) in [7, 11) is 1.52. The van der Waals surface area contributed by atoms with Gasteiger partial charge in [0.2, 0.25) is 0 Å². The van der Waals surface area contributed by atoms with Crippen LogP contribution in [0.3, 0.4) is 0 Å². The lowest BCUT2D eigenvalue weighted by Crippen LogP contribution is -2.01. The van der Waals surface area contributed by atoms with Crippen molar-refractivity contribution in [3.05, 3.63) is 24.0 Å². The van der Waals surface area contributed by atoms with Crippen molar-refractivity contribution in [1.29, 1.82) is 0 Å². The number of hydrogen-bond donors (Lipinski definition) is 1. The number of anilines is 1. The van der Waals surface area contributed by atoms with Crippen LogP contribution in [0.25, 0.3) is 5.82 Å². The number of aromatic nitrogens is 4. The second kappa shape index (κ2) is 3.56. The highest BCUT2D eigenvalue weighted by atomic mass is 16.5. The first-order chi connectivity index (χ1) is 7.20. The van der Waals surface area contributed by atoms with Crippen LogP contribution in [0.15, 0.2) is 18.5 Å². The molecule has 0 atom stereocenters. The highest BCUT2D eigenvalue weighted by Gasteiger charge is 2.05. The van der Waals surface area contributed by atoms with Gasteiger partial charge in [-0.2, -0.15) is 4.98 Å². The molecule has 0 amide bonds. The average molecular weight is 205 g/mol. The second-order valence-corrected chi connectivity index (χ2v) is 3.04. The van der Waals surface area contributed by atoms with Gasteiger partial charge in [-0.1, -0.05) is 0 Å². The van der Waals surface area contributed by atoms with Crippen molar-refractivity contribution in [3.63, 3.8) is 0 Å². The monoisotopic (exact) mass is 205 g/mol. The summed E-state index contributed by atoms with van der Waals surface area (Å²) in [5, 5.41) is 4.10. The second-order valence-electron chi connectivity index (χ2n) is 3.04. The number of methoxy groups -OCH3 is 1. The molecule has 0 radical (unpaired) electrons. The van der Waals surface area contributed by atoms with Crippen LogP contribution in [0.2, 0.25) is 0 Å². The van der Waals surface area contributed by atoms with E-state index in [9.17, 15) is 0 Å². The fourth-order valence-electron chi connectivity index (χ4n) is 1.15. The molecule has 2 heterocycles. The Balaban J connectivity index is 2.44. The first-order valence-electron chi connectivity index (χ1n) is 4.40. The van der Waals surface area contributed by atoms with Crippen LogP contribution in [0.4, 0.5) is 5.82 Å². The van der Waals surface area contributed by atoms with Crippen LogP contribution in [0.5, 0.6) is 6.01 Å². The van der Waals surface area contributed by atoms with Gasteiger partial charge in [-0.15, -0.1) is 5.10 Å². The van der Waals surface area contributed by atoms with Gasteiger partial charge in [0.1, 0.15) is 5.82 Å². The van der Waals surface area contributed by atoms with Gasteiger partial charge in [-0.25, -0.2) is 9.67 Å². The first kappa shape index (κ1) is 9.45. The Hall–Kier alpha value is -2.11. The predicted octanol–water partition coefficient (Wildman–Crippen LogP) is 0.562. The molecule has 6 heteroatoms. The summed E-state index contributed by atoms with van der Waals surface area (Å²) < 4.78 is 6.51. The Morgan fingerprint density at radius 3 is 2.87 bits per heavy atom. The van der Waals surface area contributed by atoms with Crippen LogP contribution < -0.4 is 10.5 Å². The van der Waals surface area contributed by atoms with Crippen LogP contribution in [0, 0.1) is 6.92 Å². The summed E-state index contributed by atoms with van der Waals surface area (Å²) in [6, 6.07) is 2.04. The molecule has 0 bridgehead atoms. The Kier molecular flexibility index (Phi) is 2.24. The van der Waals surface area contributed by atoms with Crippen molar-refractivity contribution in [1.82, 2.24) is 19.7 Å². The summed E-state index contributed by atoms with van der Waals surface area (Å²) in [5.41, 5.74) is 6.55. The highest BCUT2D eigenvalue weighted by molar-refractivity contribution is 5.38. The average Bonchev–Trinajstić information content (AvgIpc) is 2.59. The van der Waals surface area contributed by atoms with Crippen molar-refractivity contribution in [2.45, 2.75) is 6.92 Å². The maximum absolute atomic E-state index is 5.64. The Bertz CT molecular complexity index is 460. The zero-order valence-electron chi connectivity index (χ0n) is 8.51. The normalized spacial score (nSPS) is 10.3. The molecule has 15 heavy (non-hydrogen) atoms. The van der Waals surface area contributed by atoms with Gasteiger partial charge in [0.25, 0.3) is 0 Å². The van der Waals surface area contributed by atoms with E-state index in [0.717, 1.165) is 5.56 Å². The first-order valence-corrected chi connectivity index (χ1v) is 4.40.